The summed E-state index contributed by atoms with van der Waals surface area (Å²) in [6.45, 7) is 1.84. The van der Waals surface area contributed by atoms with Crippen molar-refractivity contribution >= 4 is 0 Å². The van der Waals surface area contributed by atoms with Gasteiger partial charge in [-0.25, -0.2) is 0 Å². The zero-order valence-corrected chi connectivity index (χ0v) is 11.0. The summed E-state index contributed by atoms with van der Waals surface area (Å²) in [6, 6.07) is 14.4. The van der Waals surface area contributed by atoms with Crippen LogP contribution >= 0.6 is 0 Å². The van der Waals surface area contributed by atoms with Gasteiger partial charge in [0.2, 0.25) is 0 Å². The fourth-order valence-electron chi connectivity index (χ4n) is 2.20. The van der Waals surface area contributed by atoms with Crippen molar-refractivity contribution in [1.82, 2.24) is 0 Å². The summed E-state index contributed by atoms with van der Waals surface area (Å²) < 4.78 is 38.5. The van der Waals surface area contributed by atoms with E-state index in [1.165, 1.54) is 24.3 Å². The maximum atomic E-state index is 12.8. The molecule has 0 saturated carbocycles. The van der Waals surface area contributed by atoms with Crippen LogP contribution in [0.1, 0.15) is 23.1 Å². The second-order valence-electron chi connectivity index (χ2n) is 4.88. The maximum absolute atomic E-state index is 12.8. The van der Waals surface area contributed by atoms with Gasteiger partial charge in [0.25, 0.3) is 0 Å². The van der Waals surface area contributed by atoms with Gasteiger partial charge in [0.05, 0.1) is 6.42 Å². The Hall–Kier alpha value is -1.81. The van der Waals surface area contributed by atoms with E-state index in [4.69, 9.17) is 0 Å². The zero-order chi connectivity index (χ0) is 14.8. The number of aryl methyl sites for hydroxylation is 1. The minimum absolute atomic E-state index is 0.237. The van der Waals surface area contributed by atoms with Gasteiger partial charge >= 0.3 is 6.18 Å². The van der Waals surface area contributed by atoms with Gasteiger partial charge in [0.1, 0.15) is 5.60 Å². The molecule has 0 aliphatic heterocycles. The molecule has 1 N–H and O–H groups in total. The highest BCUT2D eigenvalue weighted by atomic mass is 19.4. The third-order valence-electron chi connectivity index (χ3n) is 3.24. The van der Waals surface area contributed by atoms with Gasteiger partial charge in [-0.15, -0.1) is 0 Å². The summed E-state index contributed by atoms with van der Waals surface area (Å²) in [4.78, 5) is 0. The van der Waals surface area contributed by atoms with Crippen LogP contribution < -0.4 is 0 Å². The van der Waals surface area contributed by atoms with Gasteiger partial charge in [-0.3, -0.25) is 0 Å². The van der Waals surface area contributed by atoms with Gasteiger partial charge in [0, 0.05) is 0 Å². The van der Waals surface area contributed by atoms with Crippen molar-refractivity contribution < 1.29 is 18.3 Å². The van der Waals surface area contributed by atoms with E-state index in [1.807, 2.05) is 6.92 Å². The number of rotatable bonds is 3. The van der Waals surface area contributed by atoms with Crippen LogP contribution in [0.3, 0.4) is 0 Å². The predicted molar refractivity (Wildman–Crippen MR) is 71.3 cm³/mol. The van der Waals surface area contributed by atoms with Crippen molar-refractivity contribution in [3.05, 3.63) is 71.3 Å². The van der Waals surface area contributed by atoms with Crippen LogP contribution in [0.4, 0.5) is 13.2 Å². The second-order valence-corrected chi connectivity index (χ2v) is 4.88. The molecule has 0 amide bonds. The maximum Gasteiger partial charge on any atom is 0.392 e. The Kier molecular flexibility index (Phi) is 3.86. The molecular formula is C16H15F3O. The van der Waals surface area contributed by atoms with Crippen LogP contribution in [0.15, 0.2) is 54.6 Å². The number of halogens is 3. The molecule has 0 aliphatic carbocycles. The fraction of sp³-hybridized carbons (Fsp3) is 0.250. The van der Waals surface area contributed by atoms with E-state index in [0.29, 0.717) is 0 Å². The van der Waals surface area contributed by atoms with Gasteiger partial charge in [-0.2, -0.15) is 13.2 Å². The standard InChI is InChI=1S/C16H15F3O/c1-12-7-9-14(10-8-12)15(20,11-16(17,18)19)13-5-3-2-4-6-13/h2-10,20H,11H2,1H3. The Morgan fingerprint density at radius 2 is 1.35 bits per heavy atom. The molecule has 0 radical (unpaired) electrons. The van der Waals surface area contributed by atoms with E-state index in [-0.39, 0.29) is 11.1 Å². The number of benzene rings is 2. The first kappa shape index (κ1) is 14.6. The van der Waals surface area contributed by atoms with Crippen molar-refractivity contribution in [3.63, 3.8) is 0 Å². The van der Waals surface area contributed by atoms with Crippen molar-refractivity contribution in [2.45, 2.75) is 25.1 Å². The first-order chi connectivity index (χ1) is 9.31. The molecule has 20 heavy (non-hydrogen) atoms. The lowest BCUT2D eigenvalue weighted by Gasteiger charge is -2.30. The first-order valence-electron chi connectivity index (χ1n) is 6.23. The molecule has 0 saturated heterocycles. The summed E-state index contributed by atoms with van der Waals surface area (Å²) in [6.07, 6.45) is -5.78. The molecule has 0 heterocycles. The third-order valence-corrected chi connectivity index (χ3v) is 3.24. The molecule has 106 valence electrons. The van der Waals surface area contributed by atoms with Gasteiger partial charge in [-0.1, -0.05) is 60.2 Å². The van der Waals surface area contributed by atoms with Crippen LogP contribution in [0.5, 0.6) is 0 Å². The molecular weight excluding hydrogens is 265 g/mol. The normalized spacial score (nSPS) is 14.8. The molecule has 0 fully saturated rings. The van der Waals surface area contributed by atoms with E-state index in [2.05, 4.69) is 0 Å². The van der Waals surface area contributed by atoms with E-state index in [0.717, 1.165) is 5.56 Å². The molecule has 0 aliphatic rings. The SMILES string of the molecule is Cc1ccc(C(O)(CC(F)(F)F)c2ccccc2)cc1. The minimum Gasteiger partial charge on any atom is -0.380 e. The lowest BCUT2D eigenvalue weighted by molar-refractivity contribution is -0.169. The lowest BCUT2D eigenvalue weighted by atomic mass is 9.83. The smallest absolute Gasteiger partial charge is 0.380 e. The summed E-state index contributed by atoms with van der Waals surface area (Å²) >= 11 is 0. The number of hydrogen-bond donors (Lipinski definition) is 1. The summed E-state index contributed by atoms with van der Waals surface area (Å²) in [5, 5.41) is 10.7. The first-order valence-corrected chi connectivity index (χ1v) is 6.23. The van der Waals surface area contributed by atoms with Crippen LogP contribution in [0.2, 0.25) is 0 Å². The third kappa shape index (κ3) is 3.20. The van der Waals surface area contributed by atoms with Crippen LogP contribution in [0.25, 0.3) is 0 Å². The number of hydrogen-bond acceptors (Lipinski definition) is 1. The highest BCUT2D eigenvalue weighted by molar-refractivity contribution is 5.37. The average Bonchev–Trinajstić information content (AvgIpc) is 2.38. The van der Waals surface area contributed by atoms with Crippen molar-refractivity contribution in [3.8, 4) is 0 Å². The Labute approximate surface area is 115 Å². The molecule has 2 rings (SSSR count). The zero-order valence-electron chi connectivity index (χ0n) is 11.0. The quantitative estimate of drug-likeness (QED) is 0.894. The molecule has 0 spiro atoms. The summed E-state index contributed by atoms with van der Waals surface area (Å²) in [5.74, 6) is 0. The van der Waals surface area contributed by atoms with Crippen LogP contribution in [-0.4, -0.2) is 11.3 Å². The van der Waals surface area contributed by atoms with Crippen molar-refractivity contribution in [2.75, 3.05) is 0 Å². The van der Waals surface area contributed by atoms with E-state index < -0.39 is 18.2 Å². The summed E-state index contributed by atoms with van der Waals surface area (Å²) in [5.41, 5.74) is -0.656. The number of alkyl halides is 3. The lowest BCUT2D eigenvalue weighted by Crippen LogP contribution is -2.33. The monoisotopic (exact) mass is 280 g/mol. The minimum atomic E-state index is -4.46. The van der Waals surface area contributed by atoms with E-state index >= 15 is 0 Å². The van der Waals surface area contributed by atoms with E-state index in [1.54, 1.807) is 30.3 Å². The Morgan fingerprint density at radius 3 is 1.85 bits per heavy atom. The molecule has 0 bridgehead atoms. The summed E-state index contributed by atoms with van der Waals surface area (Å²) in [7, 11) is 0. The van der Waals surface area contributed by atoms with Gasteiger partial charge in [0.15, 0.2) is 0 Å². The highest BCUT2D eigenvalue weighted by Crippen LogP contribution is 2.39. The molecule has 1 unspecified atom stereocenters. The fourth-order valence-corrected chi connectivity index (χ4v) is 2.20. The van der Waals surface area contributed by atoms with Crippen molar-refractivity contribution in [1.29, 1.82) is 0 Å². The van der Waals surface area contributed by atoms with Gasteiger partial charge in [-0.05, 0) is 18.1 Å². The second kappa shape index (κ2) is 5.29. The Balaban J connectivity index is 2.52. The molecule has 1 nitrogen and oxygen atoms in total. The topological polar surface area (TPSA) is 20.2 Å². The molecule has 1 atom stereocenters. The molecule has 0 aromatic heterocycles. The molecule has 4 heteroatoms. The Morgan fingerprint density at radius 1 is 0.850 bits per heavy atom. The van der Waals surface area contributed by atoms with E-state index in [9.17, 15) is 18.3 Å². The predicted octanol–water partition coefficient (Wildman–Crippen LogP) is 4.18. The van der Waals surface area contributed by atoms with Crippen LogP contribution in [0, 0.1) is 6.92 Å². The number of aliphatic hydroxyl groups is 1. The van der Waals surface area contributed by atoms with Crippen molar-refractivity contribution in [2.24, 2.45) is 0 Å². The Bertz CT molecular complexity index is 561. The molecule has 2 aromatic carbocycles. The largest absolute Gasteiger partial charge is 0.392 e. The average molecular weight is 280 g/mol. The molecule has 2 aromatic rings. The van der Waals surface area contributed by atoms with Crippen LogP contribution in [-0.2, 0) is 5.60 Å². The van der Waals surface area contributed by atoms with Gasteiger partial charge < -0.3 is 5.11 Å². The highest BCUT2D eigenvalue weighted by Gasteiger charge is 2.43.